The quantitative estimate of drug-likeness (QED) is 0.869. The highest BCUT2D eigenvalue weighted by Gasteiger charge is 2.41. The van der Waals surface area contributed by atoms with Gasteiger partial charge in [0.2, 0.25) is 0 Å². The van der Waals surface area contributed by atoms with Gasteiger partial charge in [-0.15, -0.1) is 0 Å². The Morgan fingerprint density at radius 2 is 2.17 bits per heavy atom. The van der Waals surface area contributed by atoms with Gasteiger partial charge in [-0.3, -0.25) is 0 Å². The van der Waals surface area contributed by atoms with Crippen molar-refractivity contribution in [3.05, 3.63) is 23.5 Å². The predicted molar refractivity (Wildman–Crippen MR) is 85.7 cm³/mol. The first-order valence-corrected chi connectivity index (χ1v) is 8.11. The van der Waals surface area contributed by atoms with Gasteiger partial charge in [-0.1, -0.05) is 0 Å². The highest BCUT2D eigenvalue weighted by molar-refractivity contribution is 5.70. The van der Waals surface area contributed by atoms with Crippen LogP contribution in [0.1, 0.15) is 30.5 Å². The number of fused-ring (bicyclic) bond motifs is 1. The molecule has 1 atom stereocenters. The molecule has 0 aromatic carbocycles. The molecule has 1 unspecified atom stereocenters. The third-order valence-corrected chi connectivity index (χ3v) is 5.05. The molecule has 2 fully saturated rings. The van der Waals surface area contributed by atoms with Crippen LogP contribution in [-0.2, 0) is 4.74 Å². The van der Waals surface area contributed by atoms with E-state index < -0.39 is 0 Å². The van der Waals surface area contributed by atoms with E-state index in [1.165, 1.54) is 0 Å². The number of aromatic nitrogens is 3. The minimum atomic E-state index is -0.342. The number of nitrogens with one attached hydrogen (secondary N) is 1. The van der Waals surface area contributed by atoms with Crippen LogP contribution in [0.25, 0.3) is 5.65 Å². The van der Waals surface area contributed by atoms with E-state index in [0.29, 0.717) is 6.54 Å². The molecule has 2 aliphatic heterocycles. The summed E-state index contributed by atoms with van der Waals surface area (Å²) in [7, 11) is 0. The van der Waals surface area contributed by atoms with Crippen LogP contribution in [0, 0.1) is 13.8 Å². The largest absolute Gasteiger partial charge is 0.441 e. The number of amides is 1. The molecule has 7 heteroatoms. The van der Waals surface area contributed by atoms with Crippen LogP contribution in [0.5, 0.6) is 0 Å². The van der Waals surface area contributed by atoms with Gasteiger partial charge in [0.25, 0.3) is 0 Å². The van der Waals surface area contributed by atoms with E-state index in [2.05, 4.69) is 27.2 Å². The van der Waals surface area contributed by atoms with Crippen molar-refractivity contribution in [3.8, 4) is 0 Å². The molecule has 0 radical (unpaired) electrons. The molecule has 7 nitrogen and oxygen atoms in total. The summed E-state index contributed by atoms with van der Waals surface area (Å²) in [5, 5.41) is 7.24. The van der Waals surface area contributed by atoms with Gasteiger partial charge in [0.05, 0.1) is 12.7 Å². The summed E-state index contributed by atoms with van der Waals surface area (Å²) in [6, 6.07) is 1.93. The normalized spacial score (nSPS) is 24.8. The van der Waals surface area contributed by atoms with Gasteiger partial charge >= 0.3 is 6.09 Å². The molecule has 0 saturated carbocycles. The summed E-state index contributed by atoms with van der Waals surface area (Å²) >= 11 is 0. The van der Waals surface area contributed by atoms with E-state index in [1.54, 1.807) is 6.20 Å². The smallest absolute Gasteiger partial charge is 0.407 e. The third kappa shape index (κ3) is 2.31. The van der Waals surface area contributed by atoms with Crippen molar-refractivity contribution in [1.29, 1.82) is 0 Å². The first-order chi connectivity index (χ1) is 11.1. The average molecular weight is 315 g/mol. The van der Waals surface area contributed by atoms with E-state index in [0.717, 1.165) is 55.1 Å². The molecule has 23 heavy (non-hydrogen) atoms. The summed E-state index contributed by atoms with van der Waals surface area (Å²) < 4.78 is 7.48. The van der Waals surface area contributed by atoms with Crippen molar-refractivity contribution in [2.24, 2.45) is 0 Å². The third-order valence-electron chi connectivity index (χ3n) is 5.05. The first kappa shape index (κ1) is 14.3. The lowest BCUT2D eigenvalue weighted by Gasteiger charge is -2.27. The Morgan fingerprint density at radius 1 is 1.30 bits per heavy atom. The van der Waals surface area contributed by atoms with Crippen LogP contribution in [0.4, 0.5) is 10.6 Å². The minimum Gasteiger partial charge on any atom is -0.441 e. The minimum absolute atomic E-state index is 0.288. The lowest BCUT2D eigenvalue weighted by Crippen LogP contribution is -2.35. The van der Waals surface area contributed by atoms with Crippen LogP contribution in [-0.4, -0.2) is 45.9 Å². The fourth-order valence-corrected chi connectivity index (χ4v) is 3.65. The maximum atomic E-state index is 11.4. The zero-order valence-corrected chi connectivity index (χ0v) is 13.5. The highest BCUT2D eigenvalue weighted by atomic mass is 16.6. The SMILES string of the molecule is Cc1nc2ccnn2c(N2CCCC3(CC2)CNC(=O)O3)c1C. The number of hydrogen-bond donors (Lipinski definition) is 1. The molecule has 122 valence electrons. The Balaban J connectivity index is 1.68. The van der Waals surface area contributed by atoms with Crippen LogP contribution in [0.15, 0.2) is 12.3 Å². The zero-order chi connectivity index (χ0) is 16.0. The summed E-state index contributed by atoms with van der Waals surface area (Å²) in [5.74, 6) is 1.10. The molecule has 2 aromatic heterocycles. The molecule has 4 heterocycles. The van der Waals surface area contributed by atoms with Crippen LogP contribution in [0.3, 0.4) is 0 Å². The summed E-state index contributed by atoms with van der Waals surface area (Å²) in [4.78, 5) is 18.4. The number of nitrogens with zero attached hydrogens (tertiary/aromatic N) is 4. The van der Waals surface area contributed by atoms with E-state index in [4.69, 9.17) is 4.74 Å². The number of anilines is 1. The summed E-state index contributed by atoms with van der Waals surface area (Å²) in [6.07, 6.45) is 4.21. The topological polar surface area (TPSA) is 71.8 Å². The molecule has 1 N–H and O–H groups in total. The number of alkyl carbamates (subject to hydrolysis) is 1. The summed E-state index contributed by atoms with van der Waals surface area (Å²) in [6.45, 7) is 6.52. The Morgan fingerprint density at radius 3 is 2.96 bits per heavy atom. The van der Waals surface area contributed by atoms with Crippen molar-refractivity contribution in [2.45, 2.75) is 38.7 Å². The first-order valence-electron chi connectivity index (χ1n) is 8.11. The van der Waals surface area contributed by atoms with Crippen molar-refractivity contribution in [3.63, 3.8) is 0 Å². The van der Waals surface area contributed by atoms with E-state index >= 15 is 0 Å². The van der Waals surface area contributed by atoms with Crippen LogP contribution >= 0.6 is 0 Å². The molecular weight excluding hydrogens is 294 g/mol. The maximum absolute atomic E-state index is 11.4. The number of hydrogen-bond acceptors (Lipinski definition) is 5. The van der Waals surface area contributed by atoms with Gasteiger partial charge in [0, 0.05) is 36.8 Å². The van der Waals surface area contributed by atoms with Gasteiger partial charge in [-0.05, 0) is 26.7 Å². The predicted octanol–water partition coefficient (Wildman–Crippen LogP) is 1.82. The van der Waals surface area contributed by atoms with Crippen molar-refractivity contribution >= 4 is 17.6 Å². The van der Waals surface area contributed by atoms with Gasteiger partial charge in [0.15, 0.2) is 5.65 Å². The fourth-order valence-electron chi connectivity index (χ4n) is 3.65. The van der Waals surface area contributed by atoms with Crippen molar-refractivity contribution < 1.29 is 9.53 Å². The Hall–Kier alpha value is -2.31. The lowest BCUT2D eigenvalue weighted by molar-refractivity contribution is 0.0473. The zero-order valence-electron chi connectivity index (χ0n) is 13.5. The number of carbonyl (C=O) groups excluding carboxylic acids is 1. The molecule has 1 amide bonds. The Bertz CT molecular complexity index is 771. The highest BCUT2D eigenvalue weighted by Crippen LogP contribution is 2.32. The second-order valence-corrected chi connectivity index (χ2v) is 6.51. The molecule has 2 saturated heterocycles. The van der Waals surface area contributed by atoms with Gasteiger partial charge in [-0.25, -0.2) is 9.78 Å². The standard InChI is InChI=1S/C16H21N5O2/c1-11-12(2)19-13-4-7-18-21(13)14(11)20-8-3-5-16(6-9-20)10-17-15(22)23-16/h4,7H,3,5-6,8-10H2,1-2H3,(H,17,22). The second-order valence-electron chi connectivity index (χ2n) is 6.51. The van der Waals surface area contributed by atoms with Gasteiger partial charge < -0.3 is 15.0 Å². The Labute approximate surface area is 134 Å². The van der Waals surface area contributed by atoms with Gasteiger partial charge in [0.1, 0.15) is 11.4 Å². The second kappa shape index (κ2) is 5.11. The van der Waals surface area contributed by atoms with Crippen LogP contribution in [0.2, 0.25) is 0 Å². The number of rotatable bonds is 1. The van der Waals surface area contributed by atoms with E-state index in [9.17, 15) is 4.79 Å². The molecule has 2 aromatic rings. The van der Waals surface area contributed by atoms with E-state index in [1.807, 2.05) is 17.5 Å². The molecule has 0 aliphatic carbocycles. The Kier molecular flexibility index (Phi) is 3.18. The van der Waals surface area contributed by atoms with Crippen molar-refractivity contribution in [2.75, 3.05) is 24.5 Å². The molecule has 2 aliphatic rings. The molecule has 4 rings (SSSR count). The maximum Gasteiger partial charge on any atom is 0.407 e. The molecule has 0 bridgehead atoms. The molecular formula is C16H21N5O2. The lowest BCUT2D eigenvalue weighted by atomic mass is 9.95. The number of aryl methyl sites for hydroxylation is 1. The van der Waals surface area contributed by atoms with Crippen molar-refractivity contribution in [1.82, 2.24) is 19.9 Å². The van der Waals surface area contributed by atoms with Gasteiger partial charge in [-0.2, -0.15) is 9.61 Å². The number of carbonyl (C=O) groups is 1. The average Bonchev–Trinajstić information content (AvgIpc) is 3.05. The van der Waals surface area contributed by atoms with E-state index in [-0.39, 0.29) is 11.7 Å². The fraction of sp³-hybridized carbons (Fsp3) is 0.562. The molecule has 1 spiro atoms. The van der Waals surface area contributed by atoms with Crippen LogP contribution < -0.4 is 10.2 Å². The monoisotopic (exact) mass is 315 g/mol. The summed E-state index contributed by atoms with van der Waals surface area (Å²) in [5.41, 5.74) is 2.71. The number of ether oxygens (including phenoxy) is 1.